The maximum atomic E-state index is 3.98. The first-order valence-corrected chi connectivity index (χ1v) is 4.55. The Balaban J connectivity index is 3.28. The van der Waals surface area contributed by atoms with Gasteiger partial charge < -0.3 is 0 Å². The largest absolute Gasteiger partial charge is 0.0955 e. The second-order valence-corrected chi connectivity index (χ2v) is 3.30. The minimum absolute atomic E-state index is 1.12. The molecule has 0 bridgehead atoms. The summed E-state index contributed by atoms with van der Waals surface area (Å²) in [7, 11) is 0. The molecule has 0 amide bonds. The molecule has 0 unspecified atom stereocenters. The van der Waals surface area contributed by atoms with Crippen LogP contribution in [0, 0.1) is 0 Å². The predicted molar refractivity (Wildman–Crippen MR) is 60.5 cm³/mol. The summed E-state index contributed by atoms with van der Waals surface area (Å²) in [6.45, 7) is 10.2. The van der Waals surface area contributed by atoms with Gasteiger partial charge in [-0.1, -0.05) is 42.5 Å². The molecule has 1 rings (SSSR count). The van der Waals surface area contributed by atoms with Gasteiger partial charge in [-0.2, -0.15) is 0 Å². The number of hydrogen-bond acceptors (Lipinski definition) is 0. The van der Waals surface area contributed by atoms with Crippen LogP contribution in [0.15, 0.2) is 36.9 Å². The number of allylic oxidation sites excluding steroid dienone is 3. The Kier molecular flexibility index (Phi) is 3.07. The van der Waals surface area contributed by atoms with Gasteiger partial charge in [0.25, 0.3) is 0 Å². The van der Waals surface area contributed by atoms with Gasteiger partial charge in [-0.05, 0) is 37.5 Å². The average molecular weight is 172 g/mol. The summed E-state index contributed by atoms with van der Waals surface area (Å²) in [6, 6.07) is 8.37. The minimum Gasteiger partial charge on any atom is -0.0955 e. The molecule has 0 fully saturated rings. The molecule has 1 aromatic carbocycles. The van der Waals surface area contributed by atoms with Gasteiger partial charge in [0.15, 0.2) is 0 Å². The monoisotopic (exact) mass is 172 g/mol. The van der Waals surface area contributed by atoms with Crippen LogP contribution in [0.25, 0.3) is 11.1 Å². The second-order valence-electron chi connectivity index (χ2n) is 3.30. The second kappa shape index (κ2) is 4.08. The third kappa shape index (κ3) is 2.09. The van der Waals surface area contributed by atoms with Gasteiger partial charge in [0.2, 0.25) is 0 Å². The van der Waals surface area contributed by atoms with Crippen LogP contribution in [0.5, 0.6) is 0 Å². The summed E-state index contributed by atoms with van der Waals surface area (Å²) in [5, 5.41) is 0. The van der Waals surface area contributed by atoms with Gasteiger partial charge >= 0.3 is 0 Å². The van der Waals surface area contributed by atoms with Crippen molar-refractivity contribution >= 4 is 11.1 Å². The molecule has 0 aromatic heterocycles. The number of rotatable bonds is 2. The molecule has 13 heavy (non-hydrogen) atoms. The van der Waals surface area contributed by atoms with E-state index in [0.717, 1.165) is 5.57 Å². The van der Waals surface area contributed by atoms with E-state index in [4.69, 9.17) is 0 Å². The fraction of sp³-hybridized carbons (Fsp3) is 0.231. The fourth-order valence-electron chi connectivity index (χ4n) is 1.35. The van der Waals surface area contributed by atoms with E-state index in [1.54, 1.807) is 0 Å². The first-order chi connectivity index (χ1) is 6.16. The highest BCUT2D eigenvalue weighted by Crippen LogP contribution is 2.23. The van der Waals surface area contributed by atoms with E-state index in [0.29, 0.717) is 0 Å². The highest BCUT2D eigenvalue weighted by atomic mass is 14.1. The van der Waals surface area contributed by atoms with Crippen molar-refractivity contribution in [1.29, 1.82) is 0 Å². The van der Waals surface area contributed by atoms with Gasteiger partial charge in [0.05, 0.1) is 0 Å². The van der Waals surface area contributed by atoms with E-state index in [1.807, 2.05) is 6.92 Å². The van der Waals surface area contributed by atoms with Crippen molar-refractivity contribution in [3.8, 4) is 0 Å². The van der Waals surface area contributed by atoms with Crippen LogP contribution in [-0.2, 0) is 0 Å². The van der Waals surface area contributed by atoms with Crippen molar-refractivity contribution in [3.05, 3.63) is 48.0 Å². The summed E-state index contributed by atoms with van der Waals surface area (Å²) in [5.41, 5.74) is 4.96. The van der Waals surface area contributed by atoms with E-state index in [1.165, 1.54) is 16.7 Å². The summed E-state index contributed by atoms with van der Waals surface area (Å²) in [5.74, 6) is 0. The molecule has 0 aliphatic carbocycles. The van der Waals surface area contributed by atoms with Crippen LogP contribution >= 0.6 is 0 Å². The molecule has 68 valence electrons. The van der Waals surface area contributed by atoms with Crippen LogP contribution < -0.4 is 0 Å². The minimum atomic E-state index is 1.12. The van der Waals surface area contributed by atoms with Gasteiger partial charge in [0, 0.05) is 0 Å². The van der Waals surface area contributed by atoms with Gasteiger partial charge in [-0.15, -0.1) is 0 Å². The average Bonchev–Trinajstić information content (AvgIpc) is 2.16. The molecular formula is C13H16. The Morgan fingerprint density at radius 3 is 2.15 bits per heavy atom. The predicted octanol–water partition coefficient (Wildman–Crippen LogP) is 4.14. The Morgan fingerprint density at radius 1 is 1.15 bits per heavy atom. The van der Waals surface area contributed by atoms with Crippen molar-refractivity contribution in [3.63, 3.8) is 0 Å². The molecule has 0 heterocycles. The molecular weight excluding hydrogens is 156 g/mol. The van der Waals surface area contributed by atoms with Gasteiger partial charge in [0.1, 0.15) is 0 Å². The molecule has 0 atom stereocenters. The Labute approximate surface area is 80.6 Å². The molecule has 0 spiro atoms. The highest BCUT2D eigenvalue weighted by Gasteiger charge is 2.02. The lowest BCUT2D eigenvalue weighted by Crippen LogP contribution is -1.87. The quantitative estimate of drug-likeness (QED) is 0.629. The Morgan fingerprint density at radius 2 is 1.69 bits per heavy atom. The van der Waals surface area contributed by atoms with Crippen molar-refractivity contribution in [1.82, 2.24) is 0 Å². The zero-order valence-electron chi connectivity index (χ0n) is 8.59. The zero-order valence-corrected chi connectivity index (χ0v) is 8.59. The molecule has 1 aromatic rings. The Bertz CT molecular complexity index is 343. The Hall–Kier alpha value is -1.30. The highest BCUT2D eigenvalue weighted by molar-refractivity contribution is 5.77. The maximum absolute atomic E-state index is 3.98. The van der Waals surface area contributed by atoms with Crippen LogP contribution in [0.4, 0.5) is 0 Å². The van der Waals surface area contributed by atoms with E-state index in [2.05, 4.69) is 50.8 Å². The normalized spacial score (nSPS) is 11.5. The SMILES string of the molecule is C=C(C)c1ccccc1/C(C)=C\C. The van der Waals surface area contributed by atoms with Crippen LogP contribution in [0.3, 0.4) is 0 Å². The summed E-state index contributed by atoms with van der Waals surface area (Å²) >= 11 is 0. The molecule has 0 saturated heterocycles. The number of hydrogen-bond donors (Lipinski definition) is 0. The topological polar surface area (TPSA) is 0 Å². The van der Waals surface area contributed by atoms with Crippen LogP contribution in [0.1, 0.15) is 31.9 Å². The van der Waals surface area contributed by atoms with E-state index in [9.17, 15) is 0 Å². The summed E-state index contributed by atoms with van der Waals surface area (Å²) in [6.07, 6.45) is 2.13. The molecule has 0 radical (unpaired) electrons. The van der Waals surface area contributed by atoms with E-state index >= 15 is 0 Å². The van der Waals surface area contributed by atoms with Crippen molar-refractivity contribution < 1.29 is 0 Å². The van der Waals surface area contributed by atoms with Crippen molar-refractivity contribution in [2.75, 3.05) is 0 Å². The van der Waals surface area contributed by atoms with Crippen molar-refractivity contribution in [2.45, 2.75) is 20.8 Å². The standard InChI is InChI=1S/C13H16/c1-5-11(4)13-9-7-6-8-12(13)10(2)3/h5-9H,2H2,1,3-4H3/b11-5-. The summed E-state index contributed by atoms with van der Waals surface area (Å²) < 4.78 is 0. The van der Waals surface area contributed by atoms with Crippen LogP contribution in [0.2, 0.25) is 0 Å². The lowest BCUT2D eigenvalue weighted by molar-refractivity contribution is 1.48. The maximum Gasteiger partial charge on any atom is -0.0156 e. The van der Waals surface area contributed by atoms with Crippen LogP contribution in [-0.4, -0.2) is 0 Å². The fourth-order valence-corrected chi connectivity index (χ4v) is 1.35. The first kappa shape index (κ1) is 9.79. The van der Waals surface area contributed by atoms with E-state index < -0.39 is 0 Å². The third-order valence-corrected chi connectivity index (χ3v) is 2.24. The molecule has 0 heteroatoms. The molecule has 0 aliphatic heterocycles. The molecule has 0 aliphatic rings. The van der Waals surface area contributed by atoms with Crippen molar-refractivity contribution in [2.24, 2.45) is 0 Å². The molecule has 0 N–H and O–H groups in total. The zero-order chi connectivity index (χ0) is 9.84. The smallest absolute Gasteiger partial charge is 0.0156 e. The summed E-state index contributed by atoms with van der Waals surface area (Å²) in [4.78, 5) is 0. The molecule has 0 nitrogen and oxygen atoms in total. The first-order valence-electron chi connectivity index (χ1n) is 4.55. The third-order valence-electron chi connectivity index (χ3n) is 2.24. The van der Waals surface area contributed by atoms with Gasteiger partial charge in [-0.25, -0.2) is 0 Å². The lowest BCUT2D eigenvalue weighted by atomic mass is 9.97. The lowest BCUT2D eigenvalue weighted by Gasteiger charge is -2.08. The number of benzene rings is 1. The van der Waals surface area contributed by atoms with Gasteiger partial charge in [-0.3, -0.25) is 0 Å². The van der Waals surface area contributed by atoms with E-state index in [-0.39, 0.29) is 0 Å². The molecule has 0 saturated carbocycles.